The summed E-state index contributed by atoms with van der Waals surface area (Å²) in [5.74, 6) is -2.13. The van der Waals surface area contributed by atoms with Gasteiger partial charge in [-0.25, -0.2) is 4.79 Å². The first-order valence-corrected chi connectivity index (χ1v) is 8.84. The van der Waals surface area contributed by atoms with Crippen molar-refractivity contribution in [3.63, 3.8) is 0 Å². The van der Waals surface area contributed by atoms with Gasteiger partial charge in [0.15, 0.2) is 6.04 Å². The number of fused-ring (bicyclic) bond motifs is 3. The van der Waals surface area contributed by atoms with Crippen molar-refractivity contribution >= 4 is 29.5 Å². The van der Waals surface area contributed by atoms with Crippen molar-refractivity contribution in [1.29, 1.82) is 0 Å². The zero-order chi connectivity index (χ0) is 18.5. The molecule has 8 heteroatoms. The molecule has 3 rings (SSSR count). The van der Waals surface area contributed by atoms with Crippen LogP contribution in [0.15, 0.2) is 24.3 Å². The first kappa shape index (κ1) is 17.8. The number of carboxylic acids is 1. The van der Waals surface area contributed by atoms with Crippen molar-refractivity contribution in [2.24, 2.45) is 0 Å². The summed E-state index contributed by atoms with van der Waals surface area (Å²) in [6.45, 7) is 5.01. The second-order valence-electron chi connectivity index (χ2n) is 6.84. The van der Waals surface area contributed by atoms with Crippen molar-refractivity contribution in [3.8, 4) is 0 Å². The topological polar surface area (TPSA) is 107 Å². The highest BCUT2D eigenvalue weighted by Crippen LogP contribution is 2.56. The second kappa shape index (κ2) is 6.03. The predicted octanol–water partition coefficient (Wildman–Crippen LogP) is 0.985. The number of carbonyl (C=O) groups is 3. The first-order valence-electron chi connectivity index (χ1n) is 7.96. The molecule has 25 heavy (non-hydrogen) atoms. The molecule has 0 unspecified atom stereocenters. The van der Waals surface area contributed by atoms with Crippen molar-refractivity contribution in [1.82, 2.24) is 10.2 Å². The maximum absolute atomic E-state index is 12.8. The predicted molar refractivity (Wildman–Crippen MR) is 92.1 cm³/mol. The minimum Gasteiger partial charge on any atom is -0.480 e. The van der Waals surface area contributed by atoms with E-state index in [0.717, 1.165) is 5.56 Å². The number of nitrogens with one attached hydrogen (secondary N) is 1. The van der Waals surface area contributed by atoms with Crippen molar-refractivity contribution in [2.45, 2.75) is 49.1 Å². The lowest BCUT2D eigenvalue weighted by Gasteiger charge is -2.31. The molecule has 134 valence electrons. The van der Waals surface area contributed by atoms with Crippen molar-refractivity contribution < 1.29 is 24.6 Å². The van der Waals surface area contributed by atoms with E-state index in [2.05, 4.69) is 5.32 Å². The molecule has 4 atom stereocenters. The monoisotopic (exact) mass is 364 g/mol. The van der Waals surface area contributed by atoms with E-state index in [1.165, 1.54) is 23.6 Å². The fraction of sp³-hybridized carbons (Fsp3) is 0.471. The van der Waals surface area contributed by atoms with Gasteiger partial charge >= 0.3 is 5.97 Å². The zero-order valence-electron chi connectivity index (χ0n) is 14.1. The summed E-state index contributed by atoms with van der Waals surface area (Å²) in [6.07, 6.45) is -1.25. The number of aliphatic hydroxyl groups is 1. The van der Waals surface area contributed by atoms with Gasteiger partial charge in [0.2, 0.25) is 5.91 Å². The Labute approximate surface area is 149 Å². The fourth-order valence-electron chi connectivity index (χ4n) is 3.43. The highest BCUT2D eigenvalue weighted by molar-refractivity contribution is 8.01. The van der Waals surface area contributed by atoms with Crippen LogP contribution in [0.4, 0.5) is 0 Å². The third-order valence-electron chi connectivity index (χ3n) is 4.59. The number of aliphatic hydroxyl groups excluding tert-OH is 1. The third kappa shape index (κ3) is 2.79. The Morgan fingerprint density at radius 2 is 1.96 bits per heavy atom. The molecule has 2 heterocycles. The molecule has 0 spiro atoms. The van der Waals surface area contributed by atoms with E-state index in [0.29, 0.717) is 5.56 Å². The molecular weight excluding hydrogens is 344 g/mol. The van der Waals surface area contributed by atoms with Gasteiger partial charge in [-0.15, -0.1) is 11.8 Å². The maximum atomic E-state index is 12.8. The lowest BCUT2D eigenvalue weighted by molar-refractivity contribution is -0.145. The molecule has 0 aromatic heterocycles. The van der Waals surface area contributed by atoms with E-state index in [-0.39, 0.29) is 11.3 Å². The van der Waals surface area contributed by atoms with Gasteiger partial charge in [0.25, 0.3) is 5.91 Å². The zero-order valence-corrected chi connectivity index (χ0v) is 14.9. The van der Waals surface area contributed by atoms with Gasteiger partial charge < -0.3 is 20.4 Å². The third-order valence-corrected chi connectivity index (χ3v) is 6.13. The molecular formula is C17H20N2O5S. The molecule has 1 saturated heterocycles. The standard InChI is InChI=1S/C17H20N2O5S/c1-8(20)11(16(23)24)18-13(21)12-17(2,3)25-15-10-7-5-4-6-9(10)14(22)19(12)15/h4-8,11-12,15,20H,1-3H3,(H,18,21)(H,23,24)/t8-,11+,12+,15-/m1/s1. The van der Waals surface area contributed by atoms with E-state index in [4.69, 9.17) is 0 Å². The van der Waals surface area contributed by atoms with Crippen LogP contribution >= 0.6 is 11.8 Å². The van der Waals surface area contributed by atoms with Crippen LogP contribution < -0.4 is 5.32 Å². The van der Waals surface area contributed by atoms with Crippen molar-refractivity contribution in [2.75, 3.05) is 0 Å². The average Bonchev–Trinajstić information content (AvgIpc) is 2.95. The molecule has 0 aliphatic carbocycles. The Balaban J connectivity index is 1.93. The molecule has 0 bridgehead atoms. The summed E-state index contributed by atoms with van der Waals surface area (Å²) in [6, 6.07) is 4.98. The number of thioether (sulfide) groups is 1. The van der Waals surface area contributed by atoms with E-state index < -0.39 is 34.8 Å². The Kier molecular flexibility index (Phi) is 4.28. The number of carbonyl (C=O) groups excluding carboxylic acids is 2. The number of hydrogen-bond acceptors (Lipinski definition) is 5. The van der Waals surface area contributed by atoms with Crippen LogP contribution in [0.2, 0.25) is 0 Å². The van der Waals surface area contributed by atoms with Gasteiger partial charge in [0, 0.05) is 10.3 Å². The summed E-state index contributed by atoms with van der Waals surface area (Å²) in [5, 5.41) is 20.9. The average molecular weight is 364 g/mol. The Bertz CT molecular complexity index is 748. The van der Waals surface area contributed by atoms with Gasteiger partial charge in [-0.3, -0.25) is 9.59 Å². The number of nitrogens with zero attached hydrogens (tertiary/aromatic N) is 1. The SMILES string of the molecule is C[C@@H](O)[C@H](NC(=O)[C@@H]1N2C(=O)c3ccccc3[C@H]2SC1(C)C)C(=O)O. The number of carboxylic acid groups (broad SMARTS) is 1. The van der Waals surface area contributed by atoms with Crippen LogP contribution in [0.3, 0.4) is 0 Å². The molecule has 3 N–H and O–H groups in total. The van der Waals surface area contributed by atoms with Crippen LogP contribution in [0, 0.1) is 0 Å². The number of amides is 2. The van der Waals surface area contributed by atoms with E-state index in [9.17, 15) is 24.6 Å². The van der Waals surface area contributed by atoms with Crippen LogP contribution in [0.25, 0.3) is 0 Å². The summed E-state index contributed by atoms with van der Waals surface area (Å²) in [5.41, 5.74) is 1.43. The van der Waals surface area contributed by atoms with Crippen LogP contribution in [0.5, 0.6) is 0 Å². The molecule has 2 aliphatic heterocycles. The van der Waals surface area contributed by atoms with Gasteiger partial charge in [0.1, 0.15) is 11.4 Å². The Morgan fingerprint density at radius 3 is 2.56 bits per heavy atom. The van der Waals surface area contributed by atoms with Gasteiger partial charge in [-0.05, 0) is 32.4 Å². The van der Waals surface area contributed by atoms with Crippen LogP contribution in [0.1, 0.15) is 42.1 Å². The molecule has 1 fully saturated rings. The smallest absolute Gasteiger partial charge is 0.328 e. The molecule has 0 radical (unpaired) electrons. The normalized spacial score (nSPS) is 25.9. The van der Waals surface area contributed by atoms with E-state index >= 15 is 0 Å². The summed E-state index contributed by atoms with van der Waals surface area (Å²) in [7, 11) is 0. The van der Waals surface area contributed by atoms with Gasteiger partial charge in [-0.2, -0.15) is 0 Å². The lowest BCUT2D eigenvalue weighted by Crippen LogP contribution is -2.57. The Morgan fingerprint density at radius 1 is 1.32 bits per heavy atom. The molecule has 2 amide bonds. The minimum atomic E-state index is -1.42. The number of rotatable bonds is 4. The molecule has 7 nitrogen and oxygen atoms in total. The minimum absolute atomic E-state index is 0.234. The fourth-order valence-corrected chi connectivity index (χ4v) is 5.01. The molecule has 2 aliphatic rings. The maximum Gasteiger partial charge on any atom is 0.328 e. The number of aliphatic carboxylic acids is 1. The largest absolute Gasteiger partial charge is 0.480 e. The lowest BCUT2D eigenvalue weighted by atomic mass is 10.00. The van der Waals surface area contributed by atoms with Gasteiger partial charge in [-0.1, -0.05) is 18.2 Å². The Hall–Kier alpha value is -2.06. The highest BCUT2D eigenvalue weighted by atomic mass is 32.2. The summed E-state index contributed by atoms with van der Waals surface area (Å²) in [4.78, 5) is 38.4. The quantitative estimate of drug-likeness (QED) is 0.735. The second-order valence-corrected chi connectivity index (χ2v) is 8.58. The van der Waals surface area contributed by atoms with Gasteiger partial charge in [0.05, 0.1) is 6.10 Å². The molecule has 1 aromatic carbocycles. The van der Waals surface area contributed by atoms with E-state index in [1.54, 1.807) is 12.1 Å². The molecule has 1 aromatic rings. The van der Waals surface area contributed by atoms with E-state index in [1.807, 2.05) is 26.0 Å². The van der Waals surface area contributed by atoms with Crippen LogP contribution in [-0.4, -0.2) is 55.8 Å². The number of benzene rings is 1. The highest BCUT2D eigenvalue weighted by Gasteiger charge is 2.57. The molecule has 0 saturated carbocycles. The summed E-state index contributed by atoms with van der Waals surface area (Å²) >= 11 is 1.50. The number of hydrogen-bond donors (Lipinski definition) is 3. The van der Waals surface area contributed by atoms with Crippen molar-refractivity contribution in [3.05, 3.63) is 35.4 Å². The first-order chi connectivity index (χ1) is 11.6. The van der Waals surface area contributed by atoms with Crippen LogP contribution in [-0.2, 0) is 9.59 Å². The summed E-state index contributed by atoms with van der Waals surface area (Å²) < 4.78 is -0.598.